The molecule has 1 aliphatic heterocycles. The molecule has 118 valence electrons. The van der Waals surface area contributed by atoms with Crippen LogP contribution in [0.25, 0.3) is 0 Å². The molecule has 2 rings (SSSR count). The molecule has 3 unspecified atom stereocenters. The molecule has 1 aliphatic carbocycles. The van der Waals surface area contributed by atoms with Gasteiger partial charge >= 0.3 is 0 Å². The Balaban J connectivity index is 1.88. The predicted octanol–water partition coefficient (Wildman–Crippen LogP) is 3.91. The summed E-state index contributed by atoms with van der Waals surface area (Å²) >= 11 is 0. The van der Waals surface area contributed by atoms with Crippen molar-refractivity contribution >= 4 is 0 Å². The third-order valence-corrected chi connectivity index (χ3v) is 5.91. The third kappa shape index (κ3) is 3.98. The van der Waals surface area contributed by atoms with E-state index in [1.54, 1.807) is 0 Å². The highest BCUT2D eigenvalue weighted by atomic mass is 15.1. The Bertz CT molecular complexity index is 287. The summed E-state index contributed by atoms with van der Waals surface area (Å²) in [5.41, 5.74) is 0.485. The lowest BCUT2D eigenvalue weighted by Gasteiger charge is -2.34. The van der Waals surface area contributed by atoms with Gasteiger partial charge < -0.3 is 10.2 Å². The summed E-state index contributed by atoms with van der Waals surface area (Å²) < 4.78 is 0. The molecule has 3 atom stereocenters. The van der Waals surface area contributed by atoms with E-state index in [9.17, 15) is 0 Å². The van der Waals surface area contributed by atoms with E-state index in [0.29, 0.717) is 5.41 Å². The molecule has 0 aromatic rings. The number of nitrogens with zero attached hydrogens (tertiary/aromatic N) is 1. The van der Waals surface area contributed by atoms with Crippen LogP contribution in [0.4, 0.5) is 0 Å². The zero-order valence-corrected chi connectivity index (χ0v) is 14.3. The molecule has 2 aliphatic rings. The fourth-order valence-electron chi connectivity index (χ4n) is 4.52. The van der Waals surface area contributed by atoms with Crippen molar-refractivity contribution < 1.29 is 0 Å². The van der Waals surface area contributed by atoms with Crippen molar-refractivity contribution in [1.82, 2.24) is 10.2 Å². The zero-order chi connectivity index (χ0) is 14.6. The normalized spacial score (nSPS) is 35.1. The largest absolute Gasteiger partial charge is 0.313 e. The minimum Gasteiger partial charge on any atom is -0.313 e. The maximum absolute atomic E-state index is 3.78. The number of nitrogens with one attached hydrogen (secondary N) is 1. The average molecular weight is 280 g/mol. The number of likely N-dealkylation sites (tertiary alicyclic amines) is 1. The highest BCUT2D eigenvalue weighted by Gasteiger charge is 2.41. The molecule has 1 heterocycles. The molecule has 0 aromatic carbocycles. The zero-order valence-electron chi connectivity index (χ0n) is 14.3. The van der Waals surface area contributed by atoms with Gasteiger partial charge in [0.25, 0.3) is 0 Å². The van der Waals surface area contributed by atoms with E-state index < -0.39 is 0 Å². The maximum Gasteiger partial charge on any atom is 0.0159 e. The summed E-state index contributed by atoms with van der Waals surface area (Å²) in [5, 5.41) is 3.78. The second kappa shape index (κ2) is 7.26. The standard InChI is InChI=1S/C18H36N2/c1-5-15-8-7-12-20(13-10-15)14-16-9-11-18(3,4)17(16)19-6-2/h15-17,19H,5-14H2,1-4H3. The molecule has 1 N–H and O–H groups in total. The lowest BCUT2D eigenvalue weighted by Crippen LogP contribution is -2.45. The Morgan fingerprint density at radius 3 is 2.60 bits per heavy atom. The summed E-state index contributed by atoms with van der Waals surface area (Å²) in [6, 6.07) is 0.720. The summed E-state index contributed by atoms with van der Waals surface area (Å²) in [6.07, 6.45) is 8.49. The molecule has 0 radical (unpaired) electrons. The van der Waals surface area contributed by atoms with Crippen molar-refractivity contribution in [2.75, 3.05) is 26.2 Å². The number of hydrogen-bond donors (Lipinski definition) is 1. The van der Waals surface area contributed by atoms with Gasteiger partial charge in [0.2, 0.25) is 0 Å². The Kier molecular flexibility index (Phi) is 5.92. The van der Waals surface area contributed by atoms with Gasteiger partial charge in [-0.2, -0.15) is 0 Å². The SMILES string of the molecule is CCNC1C(CN2CCCC(CC)CC2)CCC1(C)C. The molecule has 2 heteroatoms. The lowest BCUT2D eigenvalue weighted by molar-refractivity contribution is 0.187. The summed E-state index contributed by atoms with van der Waals surface area (Å²) in [7, 11) is 0. The van der Waals surface area contributed by atoms with Crippen LogP contribution >= 0.6 is 0 Å². The Labute approximate surface area is 126 Å². The second-order valence-corrected chi connectivity index (χ2v) is 7.83. The van der Waals surface area contributed by atoms with Crippen LogP contribution in [0.3, 0.4) is 0 Å². The molecule has 2 nitrogen and oxygen atoms in total. The minimum absolute atomic E-state index is 0.485. The monoisotopic (exact) mass is 280 g/mol. The Morgan fingerprint density at radius 2 is 1.90 bits per heavy atom. The van der Waals surface area contributed by atoms with E-state index in [-0.39, 0.29) is 0 Å². The topological polar surface area (TPSA) is 15.3 Å². The quantitative estimate of drug-likeness (QED) is 0.821. The van der Waals surface area contributed by atoms with Gasteiger partial charge in [-0.1, -0.05) is 34.1 Å². The van der Waals surface area contributed by atoms with Crippen molar-refractivity contribution in [3.05, 3.63) is 0 Å². The molecule has 0 amide bonds. The number of rotatable bonds is 5. The van der Waals surface area contributed by atoms with Crippen LogP contribution in [-0.2, 0) is 0 Å². The van der Waals surface area contributed by atoms with E-state index in [1.807, 2.05) is 0 Å². The first-order valence-electron chi connectivity index (χ1n) is 9.02. The van der Waals surface area contributed by atoms with Crippen LogP contribution in [0.15, 0.2) is 0 Å². The van der Waals surface area contributed by atoms with Gasteiger partial charge in [0.1, 0.15) is 0 Å². The van der Waals surface area contributed by atoms with Gasteiger partial charge in [-0.15, -0.1) is 0 Å². The van der Waals surface area contributed by atoms with Gasteiger partial charge in [0, 0.05) is 12.6 Å². The van der Waals surface area contributed by atoms with Crippen LogP contribution in [0, 0.1) is 17.3 Å². The first-order valence-corrected chi connectivity index (χ1v) is 9.02. The van der Waals surface area contributed by atoms with Crippen molar-refractivity contribution in [1.29, 1.82) is 0 Å². The van der Waals surface area contributed by atoms with E-state index in [2.05, 4.69) is 37.9 Å². The highest BCUT2D eigenvalue weighted by molar-refractivity contribution is 4.97. The molecule has 1 saturated carbocycles. The van der Waals surface area contributed by atoms with Crippen LogP contribution in [0.5, 0.6) is 0 Å². The lowest BCUT2D eigenvalue weighted by atomic mass is 9.84. The average Bonchev–Trinajstić information content (AvgIpc) is 2.61. The summed E-state index contributed by atoms with van der Waals surface area (Å²) in [5.74, 6) is 1.85. The third-order valence-electron chi connectivity index (χ3n) is 5.91. The van der Waals surface area contributed by atoms with Gasteiger partial charge in [0.15, 0.2) is 0 Å². The molecular formula is C18H36N2. The molecule has 20 heavy (non-hydrogen) atoms. The van der Waals surface area contributed by atoms with E-state index in [0.717, 1.165) is 24.4 Å². The van der Waals surface area contributed by atoms with Crippen molar-refractivity contribution in [3.8, 4) is 0 Å². The van der Waals surface area contributed by atoms with Crippen molar-refractivity contribution in [3.63, 3.8) is 0 Å². The Morgan fingerprint density at radius 1 is 1.10 bits per heavy atom. The summed E-state index contributed by atoms with van der Waals surface area (Å²) in [6.45, 7) is 14.6. The van der Waals surface area contributed by atoms with Crippen LogP contribution in [0.2, 0.25) is 0 Å². The van der Waals surface area contributed by atoms with E-state index >= 15 is 0 Å². The highest BCUT2D eigenvalue weighted by Crippen LogP contribution is 2.41. The van der Waals surface area contributed by atoms with E-state index in [1.165, 1.54) is 58.2 Å². The first kappa shape index (κ1) is 16.3. The van der Waals surface area contributed by atoms with Crippen LogP contribution < -0.4 is 5.32 Å². The van der Waals surface area contributed by atoms with Crippen LogP contribution in [0.1, 0.15) is 66.2 Å². The van der Waals surface area contributed by atoms with Gasteiger partial charge in [-0.3, -0.25) is 0 Å². The smallest absolute Gasteiger partial charge is 0.0159 e. The van der Waals surface area contributed by atoms with Crippen molar-refractivity contribution in [2.24, 2.45) is 17.3 Å². The second-order valence-electron chi connectivity index (χ2n) is 7.83. The van der Waals surface area contributed by atoms with Crippen molar-refractivity contribution in [2.45, 2.75) is 72.3 Å². The van der Waals surface area contributed by atoms with E-state index in [4.69, 9.17) is 0 Å². The van der Waals surface area contributed by atoms with Gasteiger partial charge in [-0.25, -0.2) is 0 Å². The fourth-order valence-corrected chi connectivity index (χ4v) is 4.52. The first-order chi connectivity index (χ1) is 9.56. The minimum atomic E-state index is 0.485. The maximum atomic E-state index is 3.78. The fraction of sp³-hybridized carbons (Fsp3) is 1.00. The summed E-state index contributed by atoms with van der Waals surface area (Å²) in [4.78, 5) is 2.77. The predicted molar refractivity (Wildman–Crippen MR) is 88.0 cm³/mol. The molecule has 1 saturated heterocycles. The van der Waals surface area contributed by atoms with Crippen LogP contribution in [-0.4, -0.2) is 37.1 Å². The Hall–Kier alpha value is -0.0800. The van der Waals surface area contributed by atoms with Gasteiger partial charge in [-0.05, 0) is 69.0 Å². The number of hydrogen-bond acceptors (Lipinski definition) is 2. The molecular weight excluding hydrogens is 244 g/mol. The molecule has 0 bridgehead atoms. The molecule has 0 aromatic heterocycles. The molecule has 0 spiro atoms. The molecule has 2 fully saturated rings. The van der Waals surface area contributed by atoms with Gasteiger partial charge in [0.05, 0.1) is 0 Å².